The number of hydrogen-bond donors (Lipinski definition) is 1. The number of carbonyl (C=O) groups excluding carboxylic acids is 1. The van der Waals surface area contributed by atoms with Crippen molar-refractivity contribution in [1.29, 1.82) is 0 Å². The van der Waals surface area contributed by atoms with E-state index in [2.05, 4.69) is 17.1 Å². The highest BCUT2D eigenvalue weighted by atomic mass is 16.5. The molecule has 1 aromatic carbocycles. The molecule has 30 heavy (non-hydrogen) atoms. The molecule has 3 aromatic rings. The topological polar surface area (TPSA) is 75.6 Å². The van der Waals surface area contributed by atoms with Gasteiger partial charge in [0.2, 0.25) is 5.88 Å². The predicted octanol–water partition coefficient (Wildman–Crippen LogP) is 3.49. The average Bonchev–Trinajstić information content (AvgIpc) is 3.11. The maximum atomic E-state index is 13.3. The predicted molar refractivity (Wildman–Crippen MR) is 113 cm³/mol. The molecule has 1 amide bonds. The molecule has 0 bridgehead atoms. The summed E-state index contributed by atoms with van der Waals surface area (Å²) in [7, 11) is 1.60. The van der Waals surface area contributed by atoms with Crippen LogP contribution in [0.25, 0.3) is 10.8 Å². The van der Waals surface area contributed by atoms with Crippen LogP contribution in [0, 0.1) is 0 Å². The average molecular weight is 403 g/mol. The van der Waals surface area contributed by atoms with Crippen LogP contribution >= 0.6 is 0 Å². The van der Waals surface area contributed by atoms with Crippen LogP contribution in [-0.4, -0.2) is 45.1 Å². The Morgan fingerprint density at radius 2 is 1.93 bits per heavy atom. The molecule has 2 aliphatic rings. The zero-order chi connectivity index (χ0) is 20.7. The Hall–Kier alpha value is -2.99. The van der Waals surface area contributed by atoms with Crippen molar-refractivity contribution < 1.29 is 14.6 Å². The summed E-state index contributed by atoms with van der Waals surface area (Å²) in [5, 5.41) is 12.6. The quantitative estimate of drug-likeness (QED) is 0.722. The van der Waals surface area contributed by atoms with Crippen LogP contribution in [0.3, 0.4) is 0 Å². The van der Waals surface area contributed by atoms with Gasteiger partial charge in [0.15, 0.2) is 0 Å². The third kappa shape index (κ3) is 3.21. The number of nitrogens with zero attached hydrogens (tertiary/aromatic N) is 3. The number of amides is 1. The second-order valence-electron chi connectivity index (χ2n) is 8.17. The minimum atomic E-state index is -0.451. The van der Waals surface area contributed by atoms with Crippen molar-refractivity contribution in [3.63, 3.8) is 0 Å². The smallest absolute Gasteiger partial charge is 0.273 e. The molecule has 1 N–H and O–H groups in total. The van der Waals surface area contributed by atoms with Crippen LogP contribution in [0.15, 0.2) is 42.6 Å². The van der Waals surface area contributed by atoms with Gasteiger partial charge < -0.3 is 14.7 Å². The van der Waals surface area contributed by atoms with Crippen molar-refractivity contribution in [3.8, 4) is 5.88 Å². The maximum Gasteiger partial charge on any atom is 0.273 e. The first-order valence-electron chi connectivity index (χ1n) is 10.5. The van der Waals surface area contributed by atoms with Gasteiger partial charge in [0.25, 0.3) is 5.91 Å². The van der Waals surface area contributed by atoms with Crippen molar-refractivity contribution in [3.05, 3.63) is 65.1 Å². The Labute approximate surface area is 175 Å². The Morgan fingerprint density at radius 1 is 1.13 bits per heavy atom. The maximum absolute atomic E-state index is 13.3. The molecule has 1 fully saturated rings. The van der Waals surface area contributed by atoms with E-state index in [0.29, 0.717) is 24.5 Å². The minimum absolute atomic E-state index is 0.0594. The van der Waals surface area contributed by atoms with Crippen molar-refractivity contribution in [2.75, 3.05) is 7.11 Å². The molecule has 0 spiro atoms. The summed E-state index contributed by atoms with van der Waals surface area (Å²) >= 11 is 0. The number of aliphatic hydroxyl groups excluding tert-OH is 1. The lowest BCUT2D eigenvalue weighted by molar-refractivity contribution is 0.0190. The van der Waals surface area contributed by atoms with Gasteiger partial charge in [-0.15, -0.1) is 0 Å². The Morgan fingerprint density at radius 3 is 2.67 bits per heavy atom. The molecule has 154 valence electrons. The summed E-state index contributed by atoms with van der Waals surface area (Å²) in [6, 6.07) is 11.8. The number of rotatable bonds is 4. The third-order valence-corrected chi connectivity index (χ3v) is 6.36. The van der Waals surface area contributed by atoms with Gasteiger partial charge in [-0.1, -0.05) is 43.2 Å². The van der Waals surface area contributed by atoms with Gasteiger partial charge in [0, 0.05) is 36.2 Å². The van der Waals surface area contributed by atoms with Crippen LogP contribution < -0.4 is 4.74 Å². The lowest BCUT2D eigenvalue weighted by Gasteiger charge is -2.34. The molecule has 1 saturated carbocycles. The van der Waals surface area contributed by atoms with Crippen molar-refractivity contribution in [2.45, 2.75) is 50.8 Å². The van der Waals surface area contributed by atoms with Crippen molar-refractivity contribution in [1.82, 2.24) is 14.9 Å². The second-order valence-corrected chi connectivity index (χ2v) is 8.17. The number of methoxy groups -OCH3 is 1. The molecular formula is C24H25N3O3. The fourth-order valence-electron chi connectivity index (χ4n) is 4.79. The highest BCUT2D eigenvalue weighted by Crippen LogP contribution is 2.35. The molecule has 2 aromatic heterocycles. The number of benzene rings is 1. The first-order valence-corrected chi connectivity index (χ1v) is 10.5. The molecule has 3 heterocycles. The Kier molecular flexibility index (Phi) is 4.87. The SMILES string of the molecule is COc1ccc(Cc2nc3c(c4ccccc24)CN([C@H]2CCCC[C@@H]2O)C3=O)cn1. The second kappa shape index (κ2) is 7.69. The fourth-order valence-corrected chi connectivity index (χ4v) is 4.79. The number of fused-ring (bicyclic) bond motifs is 3. The number of carbonyl (C=O) groups is 1. The minimum Gasteiger partial charge on any atom is -0.481 e. The monoisotopic (exact) mass is 403 g/mol. The summed E-state index contributed by atoms with van der Waals surface area (Å²) < 4.78 is 5.14. The fraction of sp³-hybridized carbons (Fsp3) is 0.375. The summed E-state index contributed by atoms with van der Waals surface area (Å²) in [5.41, 5.74) is 3.39. The van der Waals surface area contributed by atoms with E-state index < -0.39 is 6.10 Å². The van der Waals surface area contributed by atoms with Gasteiger partial charge in [-0.05, 0) is 23.8 Å². The van der Waals surface area contributed by atoms with Gasteiger partial charge in [-0.25, -0.2) is 9.97 Å². The van der Waals surface area contributed by atoms with Gasteiger partial charge in [-0.3, -0.25) is 4.79 Å². The Balaban J connectivity index is 1.54. The van der Waals surface area contributed by atoms with Crippen LogP contribution in [0.1, 0.15) is 53.0 Å². The lowest BCUT2D eigenvalue weighted by atomic mass is 9.91. The lowest BCUT2D eigenvalue weighted by Crippen LogP contribution is -2.45. The summed E-state index contributed by atoms with van der Waals surface area (Å²) in [4.78, 5) is 24.3. The molecule has 0 radical (unpaired) electrons. The molecule has 5 rings (SSSR count). The zero-order valence-electron chi connectivity index (χ0n) is 17.0. The molecule has 6 heteroatoms. The largest absolute Gasteiger partial charge is 0.481 e. The molecular weight excluding hydrogens is 378 g/mol. The van der Waals surface area contributed by atoms with E-state index in [-0.39, 0.29) is 11.9 Å². The molecule has 1 aliphatic heterocycles. The van der Waals surface area contributed by atoms with Crippen LogP contribution in [0.4, 0.5) is 0 Å². The molecule has 1 aliphatic carbocycles. The molecule has 2 atom stereocenters. The number of pyridine rings is 2. The van der Waals surface area contributed by atoms with E-state index in [4.69, 9.17) is 9.72 Å². The van der Waals surface area contributed by atoms with E-state index in [9.17, 15) is 9.90 Å². The first kappa shape index (κ1) is 19.0. The Bertz CT molecular complexity index is 1100. The summed E-state index contributed by atoms with van der Waals surface area (Å²) in [5.74, 6) is 0.512. The van der Waals surface area contributed by atoms with Crippen molar-refractivity contribution in [2.24, 2.45) is 0 Å². The van der Waals surface area contributed by atoms with Crippen LogP contribution in [-0.2, 0) is 13.0 Å². The number of ether oxygens (including phenoxy) is 1. The van der Waals surface area contributed by atoms with Crippen LogP contribution in [0.2, 0.25) is 0 Å². The van der Waals surface area contributed by atoms with Crippen LogP contribution in [0.5, 0.6) is 5.88 Å². The van der Waals surface area contributed by atoms with Gasteiger partial charge in [0.05, 0.1) is 24.9 Å². The third-order valence-electron chi connectivity index (χ3n) is 6.36. The standard InChI is InChI=1S/C24H25N3O3/c1-30-22-11-10-15(13-25-22)12-19-17-7-3-2-6-16(17)18-14-27(24(29)23(18)26-19)20-8-4-5-9-21(20)28/h2-3,6-7,10-11,13,20-21,28H,4-5,8-9,12,14H2,1H3/t20-,21-/m0/s1. The van der Waals surface area contributed by atoms with Gasteiger partial charge >= 0.3 is 0 Å². The van der Waals surface area contributed by atoms with E-state index in [1.165, 1.54) is 0 Å². The number of aliphatic hydroxyl groups is 1. The normalized spacial score (nSPS) is 21.1. The van der Waals surface area contributed by atoms with E-state index in [1.807, 2.05) is 29.2 Å². The number of aromatic nitrogens is 2. The van der Waals surface area contributed by atoms with E-state index in [1.54, 1.807) is 13.3 Å². The molecule has 6 nitrogen and oxygen atoms in total. The number of hydrogen-bond acceptors (Lipinski definition) is 5. The van der Waals surface area contributed by atoms with Crippen molar-refractivity contribution >= 4 is 16.7 Å². The van der Waals surface area contributed by atoms with Gasteiger partial charge in [0.1, 0.15) is 5.69 Å². The van der Waals surface area contributed by atoms with E-state index in [0.717, 1.165) is 53.3 Å². The highest BCUT2D eigenvalue weighted by Gasteiger charge is 2.39. The zero-order valence-corrected chi connectivity index (χ0v) is 17.0. The summed E-state index contributed by atoms with van der Waals surface area (Å²) in [6.45, 7) is 0.522. The van der Waals surface area contributed by atoms with E-state index >= 15 is 0 Å². The molecule has 0 unspecified atom stereocenters. The highest BCUT2D eigenvalue weighted by molar-refractivity contribution is 6.03. The van der Waals surface area contributed by atoms with Gasteiger partial charge in [-0.2, -0.15) is 0 Å². The first-order chi connectivity index (χ1) is 14.7. The molecule has 0 saturated heterocycles. The summed E-state index contributed by atoms with van der Waals surface area (Å²) in [6.07, 6.45) is 5.60.